The number of carbonyl (C=O) groups is 2. The Labute approximate surface area is 111 Å². The highest BCUT2D eigenvalue weighted by atomic mass is 16.4. The van der Waals surface area contributed by atoms with E-state index in [1.165, 1.54) is 12.8 Å². The summed E-state index contributed by atoms with van der Waals surface area (Å²) in [5.74, 6) is 0.799. The van der Waals surface area contributed by atoms with Gasteiger partial charge in [-0.25, -0.2) is 4.79 Å². The van der Waals surface area contributed by atoms with Crippen molar-refractivity contribution in [3.8, 4) is 0 Å². The highest BCUT2D eigenvalue weighted by molar-refractivity contribution is 5.87. The van der Waals surface area contributed by atoms with Crippen LogP contribution in [0.25, 0.3) is 0 Å². The molecule has 1 aromatic carbocycles. The molecule has 100 valence electrons. The minimum absolute atomic E-state index is 0.123. The lowest BCUT2D eigenvalue weighted by atomic mass is 10.1. The van der Waals surface area contributed by atoms with Crippen LogP contribution in [0.1, 0.15) is 35.2 Å². The summed E-state index contributed by atoms with van der Waals surface area (Å²) in [6.07, 6.45) is 3.61. The lowest BCUT2D eigenvalue weighted by Gasteiger charge is -2.06. The van der Waals surface area contributed by atoms with Crippen LogP contribution in [-0.4, -0.2) is 17.0 Å². The molecule has 0 bridgehead atoms. The first-order valence-corrected chi connectivity index (χ1v) is 6.75. The van der Waals surface area contributed by atoms with Gasteiger partial charge in [0.25, 0.3) is 0 Å². The number of carboxylic acids is 1. The molecule has 3 rings (SSSR count). The van der Waals surface area contributed by atoms with Crippen LogP contribution in [-0.2, 0) is 11.3 Å². The lowest BCUT2D eigenvalue weighted by Crippen LogP contribution is -2.25. The molecule has 0 aliphatic heterocycles. The fourth-order valence-electron chi connectivity index (χ4n) is 2.70. The summed E-state index contributed by atoms with van der Waals surface area (Å²) < 4.78 is 0. The van der Waals surface area contributed by atoms with Crippen molar-refractivity contribution in [1.29, 1.82) is 0 Å². The van der Waals surface area contributed by atoms with Gasteiger partial charge in [-0.05, 0) is 48.8 Å². The van der Waals surface area contributed by atoms with E-state index >= 15 is 0 Å². The number of carbonyl (C=O) groups excluding carboxylic acids is 1. The van der Waals surface area contributed by atoms with E-state index in [4.69, 9.17) is 5.11 Å². The van der Waals surface area contributed by atoms with Crippen LogP contribution in [0.2, 0.25) is 0 Å². The summed E-state index contributed by atoms with van der Waals surface area (Å²) in [6.45, 7) is 0.411. The van der Waals surface area contributed by atoms with Crippen molar-refractivity contribution in [2.45, 2.75) is 25.8 Å². The molecular weight excluding hydrogens is 242 g/mol. The zero-order chi connectivity index (χ0) is 13.4. The molecule has 0 spiro atoms. The summed E-state index contributed by atoms with van der Waals surface area (Å²) in [7, 11) is 0. The normalized spacial score (nSPS) is 24.8. The third-order valence-electron chi connectivity index (χ3n) is 4.04. The fraction of sp³-hybridized carbons (Fsp3) is 0.467. The summed E-state index contributed by atoms with van der Waals surface area (Å²) in [5, 5.41) is 11.8. The van der Waals surface area contributed by atoms with Gasteiger partial charge in [-0.15, -0.1) is 0 Å². The Morgan fingerprint density at radius 2 is 2.11 bits per heavy atom. The van der Waals surface area contributed by atoms with Crippen molar-refractivity contribution in [2.24, 2.45) is 17.8 Å². The predicted octanol–water partition coefficient (Wildman–Crippen LogP) is 2.05. The standard InChI is InChI=1S/C15H17NO3/c17-14(13-7-12(13)10-4-5-10)16-8-9-2-1-3-11(6-9)15(18)19/h1-3,6,10,12-13H,4-5,7-8H2,(H,16,17)(H,18,19). The molecule has 2 fully saturated rings. The van der Waals surface area contributed by atoms with Crippen LogP contribution in [0, 0.1) is 17.8 Å². The molecule has 0 aromatic heterocycles. The van der Waals surface area contributed by atoms with Gasteiger partial charge in [0.1, 0.15) is 0 Å². The molecule has 0 heterocycles. The van der Waals surface area contributed by atoms with E-state index in [1.54, 1.807) is 18.2 Å². The average molecular weight is 259 g/mol. The molecule has 1 amide bonds. The van der Waals surface area contributed by atoms with E-state index in [2.05, 4.69) is 5.32 Å². The number of hydrogen-bond acceptors (Lipinski definition) is 2. The topological polar surface area (TPSA) is 66.4 Å². The van der Waals surface area contributed by atoms with Crippen molar-refractivity contribution >= 4 is 11.9 Å². The number of rotatable bonds is 5. The largest absolute Gasteiger partial charge is 0.478 e. The number of nitrogens with one attached hydrogen (secondary N) is 1. The molecule has 2 aliphatic rings. The van der Waals surface area contributed by atoms with Gasteiger partial charge in [0.15, 0.2) is 0 Å². The number of aromatic carboxylic acids is 1. The molecule has 1 aromatic rings. The smallest absolute Gasteiger partial charge is 0.335 e. The second kappa shape index (κ2) is 4.68. The third kappa shape index (κ3) is 2.78. The van der Waals surface area contributed by atoms with E-state index in [-0.39, 0.29) is 17.4 Å². The highest BCUT2D eigenvalue weighted by Gasteiger charge is 2.50. The van der Waals surface area contributed by atoms with Crippen LogP contribution >= 0.6 is 0 Å². The first kappa shape index (κ1) is 12.2. The van der Waals surface area contributed by atoms with Gasteiger partial charge in [0.2, 0.25) is 5.91 Å². The number of amides is 1. The Kier molecular flexibility index (Phi) is 3.01. The molecule has 4 heteroatoms. The molecule has 2 N–H and O–H groups in total. The van der Waals surface area contributed by atoms with Gasteiger partial charge in [-0.1, -0.05) is 12.1 Å². The third-order valence-corrected chi connectivity index (χ3v) is 4.04. The second-order valence-electron chi connectivity index (χ2n) is 5.57. The molecule has 4 nitrogen and oxygen atoms in total. The van der Waals surface area contributed by atoms with Gasteiger partial charge in [-0.3, -0.25) is 4.79 Å². The quantitative estimate of drug-likeness (QED) is 0.850. The van der Waals surface area contributed by atoms with Crippen LogP contribution in [0.15, 0.2) is 24.3 Å². The zero-order valence-electron chi connectivity index (χ0n) is 10.6. The van der Waals surface area contributed by atoms with Crippen molar-refractivity contribution < 1.29 is 14.7 Å². The van der Waals surface area contributed by atoms with E-state index < -0.39 is 5.97 Å². The molecule has 2 aliphatic carbocycles. The van der Waals surface area contributed by atoms with Gasteiger partial charge in [0, 0.05) is 12.5 Å². The monoisotopic (exact) mass is 259 g/mol. The number of benzene rings is 1. The SMILES string of the molecule is O=C(O)c1cccc(CNC(=O)C2CC2C2CC2)c1. The Balaban J connectivity index is 1.53. The van der Waals surface area contributed by atoms with Gasteiger partial charge < -0.3 is 10.4 Å². The molecule has 2 saturated carbocycles. The molecule has 19 heavy (non-hydrogen) atoms. The van der Waals surface area contributed by atoms with Crippen LogP contribution < -0.4 is 5.32 Å². The van der Waals surface area contributed by atoms with Crippen molar-refractivity contribution in [2.75, 3.05) is 0 Å². The van der Waals surface area contributed by atoms with Crippen LogP contribution in [0.4, 0.5) is 0 Å². The van der Waals surface area contributed by atoms with Crippen molar-refractivity contribution in [1.82, 2.24) is 5.32 Å². The zero-order valence-corrected chi connectivity index (χ0v) is 10.6. The van der Waals surface area contributed by atoms with E-state index in [9.17, 15) is 9.59 Å². The molecule has 0 saturated heterocycles. The van der Waals surface area contributed by atoms with E-state index in [0.29, 0.717) is 12.5 Å². The Morgan fingerprint density at radius 3 is 2.79 bits per heavy atom. The fourth-order valence-corrected chi connectivity index (χ4v) is 2.70. The lowest BCUT2D eigenvalue weighted by molar-refractivity contribution is -0.122. The summed E-state index contributed by atoms with van der Waals surface area (Å²) >= 11 is 0. The molecule has 2 atom stereocenters. The second-order valence-corrected chi connectivity index (χ2v) is 5.57. The van der Waals surface area contributed by atoms with Gasteiger partial charge in [-0.2, -0.15) is 0 Å². The van der Waals surface area contributed by atoms with Crippen LogP contribution in [0.5, 0.6) is 0 Å². The van der Waals surface area contributed by atoms with E-state index in [1.807, 2.05) is 6.07 Å². The Morgan fingerprint density at radius 1 is 1.32 bits per heavy atom. The average Bonchev–Trinajstić information content (AvgIpc) is 3.27. The predicted molar refractivity (Wildman–Crippen MR) is 69.6 cm³/mol. The molecule has 0 radical (unpaired) electrons. The van der Waals surface area contributed by atoms with Crippen molar-refractivity contribution in [3.05, 3.63) is 35.4 Å². The number of hydrogen-bond donors (Lipinski definition) is 2. The first-order chi connectivity index (χ1) is 9.15. The maximum absolute atomic E-state index is 11.9. The molecule has 2 unspecified atom stereocenters. The van der Waals surface area contributed by atoms with Crippen LogP contribution in [0.3, 0.4) is 0 Å². The van der Waals surface area contributed by atoms with E-state index in [0.717, 1.165) is 17.9 Å². The minimum Gasteiger partial charge on any atom is -0.478 e. The first-order valence-electron chi connectivity index (χ1n) is 6.75. The summed E-state index contributed by atoms with van der Waals surface area (Å²) in [5.41, 5.74) is 1.09. The number of carboxylic acid groups (broad SMARTS) is 1. The van der Waals surface area contributed by atoms with Gasteiger partial charge in [0.05, 0.1) is 5.56 Å². The molecular formula is C15H17NO3. The maximum Gasteiger partial charge on any atom is 0.335 e. The highest BCUT2D eigenvalue weighted by Crippen LogP contribution is 2.54. The Bertz CT molecular complexity index is 522. The van der Waals surface area contributed by atoms with Gasteiger partial charge >= 0.3 is 5.97 Å². The van der Waals surface area contributed by atoms with Crippen molar-refractivity contribution in [3.63, 3.8) is 0 Å². The summed E-state index contributed by atoms with van der Waals surface area (Å²) in [6, 6.07) is 6.69. The Hall–Kier alpha value is -1.84. The summed E-state index contributed by atoms with van der Waals surface area (Å²) in [4.78, 5) is 22.8. The maximum atomic E-state index is 11.9. The minimum atomic E-state index is -0.941.